The first-order valence-corrected chi connectivity index (χ1v) is 3.37. The molecule has 0 amide bonds. The molecule has 9 heavy (non-hydrogen) atoms. The van der Waals surface area contributed by atoms with E-state index in [0.717, 1.165) is 12.8 Å². The first-order valence-electron chi connectivity index (χ1n) is 3.37. The Kier molecular flexibility index (Phi) is 6.98. The Morgan fingerprint density at radius 1 is 1.22 bits per heavy atom. The minimum atomic E-state index is 0.661. The fourth-order valence-electron chi connectivity index (χ4n) is 0.594. The molecule has 0 heterocycles. The molecule has 1 nitrogen and oxygen atoms in total. The maximum absolute atomic E-state index is 5.24. The molecule has 0 aromatic rings. The van der Waals surface area contributed by atoms with Gasteiger partial charge in [-0.2, -0.15) is 0 Å². The molecule has 0 aliphatic carbocycles. The summed E-state index contributed by atoms with van der Waals surface area (Å²) in [5.41, 5.74) is 5.24. The van der Waals surface area contributed by atoms with Gasteiger partial charge in [-0.3, -0.25) is 0 Å². The van der Waals surface area contributed by atoms with E-state index in [9.17, 15) is 0 Å². The van der Waals surface area contributed by atoms with E-state index in [1.54, 1.807) is 0 Å². The van der Waals surface area contributed by atoms with Crippen LogP contribution in [0, 0.1) is 0 Å². The Morgan fingerprint density at radius 2 is 2.00 bits per heavy atom. The van der Waals surface area contributed by atoms with Gasteiger partial charge < -0.3 is 5.73 Å². The summed E-state index contributed by atoms with van der Waals surface area (Å²) in [5, 5.41) is 0. The molecule has 0 aromatic carbocycles. The number of nitrogens with two attached hydrogens (primary N) is 1. The molecular formula is C8H15N. The first kappa shape index (κ1) is 8.44. The largest absolute Gasteiger partial charge is 0.327 e. The molecule has 0 rings (SSSR count). The van der Waals surface area contributed by atoms with Crippen molar-refractivity contribution in [3.05, 3.63) is 24.8 Å². The highest BCUT2D eigenvalue weighted by atomic mass is 14.5. The van der Waals surface area contributed by atoms with Crippen molar-refractivity contribution in [2.45, 2.75) is 19.3 Å². The lowest BCUT2D eigenvalue weighted by Crippen LogP contribution is -1.91. The van der Waals surface area contributed by atoms with Gasteiger partial charge in [-0.05, 0) is 19.3 Å². The van der Waals surface area contributed by atoms with E-state index in [4.69, 9.17) is 5.73 Å². The summed E-state index contributed by atoms with van der Waals surface area (Å²) in [4.78, 5) is 0. The summed E-state index contributed by atoms with van der Waals surface area (Å²) in [6.07, 6.45) is 9.47. The predicted octanol–water partition coefficient (Wildman–Crippen LogP) is 1.86. The molecule has 0 spiro atoms. The lowest BCUT2D eigenvalue weighted by Gasteiger charge is -1.87. The minimum Gasteiger partial charge on any atom is -0.327 e. The van der Waals surface area contributed by atoms with Gasteiger partial charge in [0.25, 0.3) is 0 Å². The van der Waals surface area contributed by atoms with Gasteiger partial charge in [0.05, 0.1) is 0 Å². The third-order valence-electron chi connectivity index (χ3n) is 1.08. The molecule has 0 atom stereocenters. The van der Waals surface area contributed by atoms with E-state index < -0.39 is 0 Å². The van der Waals surface area contributed by atoms with Crippen LogP contribution in [0.25, 0.3) is 0 Å². The Bertz CT molecular complexity index is 84.6. The van der Waals surface area contributed by atoms with Gasteiger partial charge >= 0.3 is 0 Å². The third-order valence-corrected chi connectivity index (χ3v) is 1.08. The number of rotatable bonds is 5. The molecule has 52 valence electrons. The van der Waals surface area contributed by atoms with E-state index in [1.807, 2.05) is 12.2 Å². The zero-order valence-electron chi connectivity index (χ0n) is 5.84. The molecule has 1 heteroatoms. The van der Waals surface area contributed by atoms with Crippen LogP contribution in [-0.2, 0) is 0 Å². The van der Waals surface area contributed by atoms with E-state index in [1.165, 1.54) is 6.42 Å². The van der Waals surface area contributed by atoms with Crippen molar-refractivity contribution in [2.75, 3.05) is 6.54 Å². The average molecular weight is 125 g/mol. The summed E-state index contributed by atoms with van der Waals surface area (Å²) in [7, 11) is 0. The molecule has 0 radical (unpaired) electrons. The molecule has 0 bridgehead atoms. The lowest BCUT2D eigenvalue weighted by molar-refractivity contribution is 0.867. The molecule has 0 aliphatic heterocycles. The van der Waals surface area contributed by atoms with Crippen LogP contribution in [0.5, 0.6) is 0 Å². The molecule has 0 saturated heterocycles. The summed E-state index contributed by atoms with van der Waals surface area (Å²) in [6.45, 7) is 4.29. The van der Waals surface area contributed by atoms with Crippen molar-refractivity contribution in [1.82, 2.24) is 0 Å². The Labute approximate surface area is 57.3 Å². The second-order valence-corrected chi connectivity index (χ2v) is 1.93. The van der Waals surface area contributed by atoms with Gasteiger partial charge in [0.2, 0.25) is 0 Å². The van der Waals surface area contributed by atoms with Crippen molar-refractivity contribution >= 4 is 0 Å². The number of unbranched alkanes of at least 4 members (excludes halogenated alkanes) is 2. The molecule has 0 aliphatic rings. The second-order valence-electron chi connectivity index (χ2n) is 1.93. The molecule has 0 saturated carbocycles. The van der Waals surface area contributed by atoms with Gasteiger partial charge in [-0.15, -0.1) is 6.58 Å². The number of hydrogen-bond donors (Lipinski definition) is 1. The highest BCUT2D eigenvalue weighted by Crippen LogP contribution is 1.95. The van der Waals surface area contributed by atoms with E-state index in [2.05, 4.69) is 12.7 Å². The highest BCUT2D eigenvalue weighted by Gasteiger charge is 1.76. The van der Waals surface area contributed by atoms with Crippen molar-refractivity contribution in [2.24, 2.45) is 5.73 Å². The maximum atomic E-state index is 5.24. The minimum absolute atomic E-state index is 0.661. The normalized spacial score (nSPS) is 10.3. The van der Waals surface area contributed by atoms with E-state index in [-0.39, 0.29) is 0 Å². The topological polar surface area (TPSA) is 26.0 Å². The summed E-state index contributed by atoms with van der Waals surface area (Å²) >= 11 is 0. The van der Waals surface area contributed by atoms with Crippen LogP contribution in [-0.4, -0.2) is 6.54 Å². The summed E-state index contributed by atoms with van der Waals surface area (Å²) in [5.74, 6) is 0. The summed E-state index contributed by atoms with van der Waals surface area (Å²) in [6, 6.07) is 0. The molecule has 0 unspecified atom stereocenters. The zero-order valence-corrected chi connectivity index (χ0v) is 5.84. The number of allylic oxidation sites excluding steroid dienone is 2. The van der Waals surface area contributed by atoms with Crippen LogP contribution in [0.2, 0.25) is 0 Å². The molecule has 2 N–H and O–H groups in total. The monoisotopic (exact) mass is 125 g/mol. The average Bonchev–Trinajstić information content (AvgIpc) is 1.89. The van der Waals surface area contributed by atoms with Crippen LogP contribution in [0.3, 0.4) is 0 Å². The second kappa shape index (κ2) is 7.44. The highest BCUT2D eigenvalue weighted by molar-refractivity contribution is 4.82. The van der Waals surface area contributed by atoms with Gasteiger partial charge in [-0.25, -0.2) is 0 Å². The predicted molar refractivity (Wildman–Crippen MR) is 42.2 cm³/mol. The van der Waals surface area contributed by atoms with Crippen LogP contribution in [0.4, 0.5) is 0 Å². The van der Waals surface area contributed by atoms with Crippen LogP contribution >= 0.6 is 0 Å². The maximum Gasteiger partial charge on any atom is 0.0106 e. The third kappa shape index (κ3) is 7.44. The van der Waals surface area contributed by atoms with Crippen molar-refractivity contribution in [1.29, 1.82) is 0 Å². The molecular weight excluding hydrogens is 110 g/mol. The zero-order chi connectivity index (χ0) is 6.95. The molecule has 0 aromatic heterocycles. The Morgan fingerprint density at radius 3 is 2.56 bits per heavy atom. The fraction of sp³-hybridized carbons (Fsp3) is 0.500. The molecule has 0 fully saturated rings. The SMILES string of the molecule is C=CCCC/C=C/CN. The standard InChI is InChI=1S/C8H15N/c1-2-3-4-5-6-7-8-9/h2,6-7H,1,3-5,8-9H2/b7-6+. The first-order chi connectivity index (χ1) is 4.41. The lowest BCUT2D eigenvalue weighted by atomic mass is 10.2. The van der Waals surface area contributed by atoms with Crippen molar-refractivity contribution in [3.8, 4) is 0 Å². The van der Waals surface area contributed by atoms with Gasteiger partial charge in [0.1, 0.15) is 0 Å². The summed E-state index contributed by atoms with van der Waals surface area (Å²) < 4.78 is 0. The quantitative estimate of drug-likeness (QED) is 0.440. The van der Waals surface area contributed by atoms with Gasteiger partial charge in [0.15, 0.2) is 0 Å². The van der Waals surface area contributed by atoms with Gasteiger partial charge in [0, 0.05) is 6.54 Å². The van der Waals surface area contributed by atoms with Crippen LogP contribution in [0.15, 0.2) is 24.8 Å². The van der Waals surface area contributed by atoms with Crippen molar-refractivity contribution in [3.63, 3.8) is 0 Å². The fourth-order valence-corrected chi connectivity index (χ4v) is 0.594. The Balaban J connectivity index is 2.90. The Hall–Kier alpha value is -0.560. The van der Waals surface area contributed by atoms with E-state index in [0.29, 0.717) is 6.54 Å². The smallest absolute Gasteiger partial charge is 0.0106 e. The number of hydrogen-bond acceptors (Lipinski definition) is 1. The van der Waals surface area contributed by atoms with Crippen LogP contribution in [0.1, 0.15) is 19.3 Å². The van der Waals surface area contributed by atoms with Gasteiger partial charge in [-0.1, -0.05) is 18.2 Å². The van der Waals surface area contributed by atoms with E-state index >= 15 is 0 Å². The van der Waals surface area contributed by atoms with Crippen molar-refractivity contribution < 1.29 is 0 Å². The van der Waals surface area contributed by atoms with Crippen LogP contribution < -0.4 is 5.73 Å².